The van der Waals surface area contributed by atoms with E-state index in [2.05, 4.69) is 4.98 Å². The Balaban J connectivity index is 2.15. The monoisotopic (exact) mass is 284 g/mol. The zero-order valence-corrected chi connectivity index (χ0v) is 11.7. The smallest absolute Gasteiger partial charge is 0.197 e. The molecule has 0 spiro atoms. The van der Waals surface area contributed by atoms with E-state index in [1.165, 1.54) is 0 Å². The van der Waals surface area contributed by atoms with Gasteiger partial charge in [0.15, 0.2) is 5.78 Å². The number of ketones is 1. The average molecular weight is 285 g/mol. The van der Waals surface area contributed by atoms with Crippen LogP contribution >= 0.6 is 11.6 Å². The predicted octanol–water partition coefficient (Wildman–Crippen LogP) is 3.94. The van der Waals surface area contributed by atoms with Gasteiger partial charge in [0.05, 0.1) is 0 Å². The number of aryl methyl sites for hydroxylation is 1. The minimum Gasteiger partial charge on any atom is -0.398 e. The largest absolute Gasteiger partial charge is 0.398 e. The molecule has 2 aromatic carbocycles. The first kappa shape index (κ1) is 12.8. The second kappa shape index (κ2) is 4.69. The van der Waals surface area contributed by atoms with E-state index in [0.717, 1.165) is 16.5 Å². The van der Waals surface area contributed by atoms with Gasteiger partial charge in [-0.05, 0) is 31.2 Å². The standard InChI is InChI=1S/C16H13ClN2O/c1-9-2-5-14(18)12(6-9)16(20)13-8-19-15-7-10(17)3-4-11(13)15/h2-8,19H,18H2,1H3. The number of rotatable bonds is 2. The number of H-pyrrole nitrogens is 1. The van der Waals surface area contributed by atoms with Crippen molar-refractivity contribution in [2.75, 3.05) is 5.73 Å². The highest BCUT2D eigenvalue weighted by Crippen LogP contribution is 2.26. The van der Waals surface area contributed by atoms with Crippen LogP contribution in [0.1, 0.15) is 21.5 Å². The van der Waals surface area contributed by atoms with E-state index >= 15 is 0 Å². The first-order valence-electron chi connectivity index (χ1n) is 6.24. The Morgan fingerprint density at radius 3 is 2.75 bits per heavy atom. The highest BCUT2D eigenvalue weighted by atomic mass is 35.5. The summed E-state index contributed by atoms with van der Waals surface area (Å²) >= 11 is 5.95. The fourth-order valence-electron chi connectivity index (χ4n) is 2.30. The van der Waals surface area contributed by atoms with Crippen molar-refractivity contribution in [1.29, 1.82) is 0 Å². The number of carbonyl (C=O) groups excluding carboxylic acids is 1. The fraction of sp³-hybridized carbons (Fsp3) is 0.0625. The second-order valence-electron chi connectivity index (χ2n) is 4.81. The summed E-state index contributed by atoms with van der Waals surface area (Å²) in [4.78, 5) is 15.7. The number of halogens is 1. The zero-order chi connectivity index (χ0) is 14.3. The molecule has 1 heterocycles. The van der Waals surface area contributed by atoms with Crippen molar-refractivity contribution in [1.82, 2.24) is 4.98 Å². The van der Waals surface area contributed by atoms with Crippen LogP contribution in [0.3, 0.4) is 0 Å². The molecule has 0 aliphatic heterocycles. The molecule has 0 amide bonds. The van der Waals surface area contributed by atoms with Crippen molar-refractivity contribution >= 4 is 34.0 Å². The molecule has 0 bridgehead atoms. The van der Waals surface area contributed by atoms with Crippen molar-refractivity contribution in [3.63, 3.8) is 0 Å². The molecule has 3 aromatic rings. The summed E-state index contributed by atoms with van der Waals surface area (Å²) in [6, 6.07) is 10.9. The molecule has 1 aromatic heterocycles. The van der Waals surface area contributed by atoms with Crippen LogP contribution < -0.4 is 5.73 Å². The van der Waals surface area contributed by atoms with Crippen LogP contribution in [0.25, 0.3) is 10.9 Å². The van der Waals surface area contributed by atoms with E-state index in [0.29, 0.717) is 21.8 Å². The number of benzene rings is 2. The number of nitrogens with one attached hydrogen (secondary N) is 1. The highest BCUT2D eigenvalue weighted by molar-refractivity contribution is 6.31. The molecule has 3 rings (SSSR count). The van der Waals surface area contributed by atoms with E-state index in [-0.39, 0.29) is 5.78 Å². The Labute approximate surface area is 121 Å². The van der Waals surface area contributed by atoms with Gasteiger partial charge >= 0.3 is 0 Å². The molecular weight excluding hydrogens is 272 g/mol. The first-order valence-corrected chi connectivity index (χ1v) is 6.61. The fourth-order valence-corrected chi connectivity index (χ4v) is 2.47. The molecule has 0 unspecified atom stereocenters. The summed E-state index contributed by atoms with van der Waals surface area (Å²) in [5, 5.41) is 1.48. The first-order chi connectivity index (χ1) is 9.56. The van der Waals surface area contributed by atoms with Gasteiger partial charge in [0.25, 0.3) is 0 Å². The number of carbonyl (C=O) groups is 1. The molecule has 20 heavy (non-hydrogen) atoms. The summed E-state index contributed by atoms with van der Waals surface area (Å²) in [6.45, 7) is 1.94. The Kier molecular flexibility index (Phi) is 2.99. The summed E-state index contributed by atoms with van der Waals surface area (Å²) in [5.41, 5.74) is 9.38. The minimum atomic E-state index is -0.0835. The van der Waals surface area contributed by atoms with Crippen LogP contribution in [0.4, 0.5) is 5.69 Å². The summed E-state index contributed by atoms with van der Waals surface area (Å²) in [6.07, 6.45) is 1.70. The maximum Gasteiger partial charge on any atom is 0.197 e. The Hall–Kier alpha value is -2.26. The number of aromatic nitrogens is 1. The topological polar surface area (TPSA) is 58.9 Å². The quantitative estimate of drug-likeness (QED) is 0.553. The third kappa shape index (κ3) is 2.06. The number of fused-ring (bicyclic) bond motifs is 1. The SMILES string of the molecule is Cc1ccc(N)c(C(=O)c2c[nH]c3cc(Cl)ccc23)c1. The number of hydrogen-bond acceptors (Lipinski definition) is 2. The molecule has 0 aliphatic rings. The highest BCUT2D eigenvalue weighted by Gasteiger charge is 2.16. The van der Waals surface area contributed by atoms with Gasteiger partial charge in [-0.25, -0.2) is 0 Å². The van der Waals surface area contributed by atoms with Crippen molar-refractivity contribution in [2.24, 2.45) is 0 Å². The lowest BCUT2D eigenvalue weighted by molar-refractivity contribution is 0.104. The van der Waals surface area contributed by atoms with Crippen LogP contribution in [0.15, 0.2) is 42.6 Å². The van der Waals surface area contributed by atoms with Crippen LogP contribution in [0.5, 0.6) is 0 Å². The third-order valence-electron chi connectivity index (χ3n) is 3.34. The number of hydrogen-bond donors (Lipinski definition) is 2. The number of nitrogen functional groups attached to an aromatic ring is 1. The van der Waals surface area contributed by atoms with Gasteiger partial charge in [-0.2, -0.15) is 0 Å². The molecule has 0 aliphatic carbocycles. The minimum absolute atomic E-state index is 0.0835. The van der Waals surface area contributed by atoms with E-state index in [4.69, 9.17) is 17.3 Å². The lowest BCUT2D eigenvalue weighted by atomic mass is 9.99. The number of aromatic amines is 1. The average Bonchev–Trinajstić information content (AvgIpc) is 2.83. The summed E-state index contributed by atoms with van der Waals surface area (Å²) in [7, 11) is 0. The predicted molar refractivity (Wildman–Crippen MR) is 82.3 cm³/mol. The van der Waals surface area contributed by atoms with Crippen molar-refractivity contribution in [3.8, 4) is 0 Å². The van der Waals surface area contributed by atoms with Crippen LogP contribution in [-0.4, -0.2) is 10.8 Å². The lowest BCUT2D eigenvalue weighted by Crippen LogP contribution is -2.05. The lowest BCUT2D eigenvalue weighted by Gasteiger charge is -2.05. The van der Waals surface area contributed by atoms with Crippen LogP contribution in [0, 0.1) is 6.92 Å². The number of anilines is 1. The van der Waals surface area contributed by atoms with Gasteiger partial charge < -0.3 is 10.7 Å². The summed E-state index contributed by atoms with van der Waals surface area (Å²) in [5.74, 6) is -0.0835. The second-order valence-corrected chi connectivity index (χ2v) is 5.25. The van der Waals surface area contributed by atoms with Gasteiger partial charge in [-0.1, -0.05) is 29.3 Å². The molecule has 100 valence electrons. The van der Waals surface area contributed by atoms with Gasteiger partial charge in [0, 0.05) is 38.9 Å². The van der Waals surface area contributed by atoms with Gasteiger partial charge in [0.1, 0.15) is 0 Å². The molecule has 0 fully saturated rings. The van der Waals surface area contributed by atoms with Gasteiger partial charge in [-0.3, -0.25) is 4.79 Å². The van der Waals surface area contributed by atoms with Crippen molar-refractivity contribution in [2.45, 2.75) is 6.92 Å². The zero-order valence-electron chi connectivity index (χ0n) is 10.9. The Bertz CT molecular complexity index is 820. The van der Waals surface area contributed by atoms with Crippen molar-refractivity contribution in [3.05, 3.63) is 64.3 Å². The molecule has 3 N–H and O–H groups in total. The van der Waals surface area contributed by atoms with Gasteiger partial charge in [-0.15, -0.1) is 0 Å². The van der Waals surface area contributed by atoms with E-state index < -0.39 is 0 Å². The third-order valence-corrected chi connectivity index (χ3v) is 3.58. The molecular formula is C16H13ClN2O. The van der Waals surface area contributed by atoms with E-state index in [9.17, 15) is 4.79 Å². The molecule has 4 heteroatoms. The molecule has 3 nitrogen and oxygen atoms in total. The van der Waals surface area contributed by atoms with E-state index in [1.807, 2.05) is 25.1 Å². The van der Waals surface area contributed by atoms with Gasteiger partial charge in [0.2, 0.25) is 0 Å². The molecule has 0 atom stereocenters. The maximum atomic E-state index is 12.6. The molecule has 0 saturated heterocycles. The van der Waals surface area contributed by atoms with E-state index in [1.54, 1.807) is 24.4 Å². The summed E-state index contributed by atoms with van der Waals surface area (Å²) < 4.78 is 0. The Morgan fingerprint density at radius 1 is 1.15 bits per heavy atom. The Morgan fingerprint density at radius 2 is 1.95 bits per heavy atom. The molecule has 0 saturated carbocycles. The molecule has 0 radical (unpaired) electrons. The van der Waals surface area contributed by atoms with Crippen molar-refractivity contribution < 1.29 is 4.79 Å². The normalized spacial score (nSPS) is 10.9. The number of nitrogens with two attached hydrogens (primary N) is 1. The van der Waals surface area contributed by atoms with Crippen LogP contribution in [-0.2, 0) is 0 Å². The maximum absolute atomic E-state index is 12.6. The van der Waals surface area contributed by atoms with Crippen LogP contribution in [0.2, 0.25) is 5.02 Å².